The molecule has 2 fully saturated rings. The molecule has 294 valence electrons. The van der Waals surface area contributed by atoms with Crippen molar-refractivity contribution < 1.29 is 72.8 Å². The monoisotopic (exact) mass is 765 g/mol. The molecule has 2 amide bonds. The number of nitrogens with two attached hydrogens (primary N) is 1. The van der Waals surface area contributed by atoms with Gasteiger partial charge in [0.05, 0.1) is 45.0 Å². The zero-order valence-corrected chi connectivity index (χ0v) is 29.4. The van der Waals surface area contributed by atoms with Crippen molar-refractivity contribution >= 4 is 36.4 Å². The summed E-state index contributed by atoms with van der Waals surface area (Å²) in [5, 5.41) is 45.9. The number of nitrogens with zero attached hydrogens (tertiary/aromatic N) is 4. The summed E-state index contributed by atoms with van der Waals surface area (Å²) >= 11 is 0. The lowest BCUT2D eigenvalue weighted by atomic mass is 9.97. The first-order chi connectivity index (χ1) is 24.8. The fourth-order valence-electron chi connectivity index (χ4n) is 5.67. The van der Waals surface area contributed by atoms with Crippen LogP contribution < -0.4 is 16.4 Å². The molecule has 2 saturated heterocycles. The second-order valence-corrected chi connectivity index (χ2v) is 14.0. The number of aliphatic hydroxyl groups is 4. The van der Waals surface area contributed by atoms with Crippen LogP contribution in [0.1, 0.15) is 38.8 Å². The van der Waals surface area contributed by atoms with Crippen molar-refractivity contribution in [2.24, 2.45) is 0 Å². The van der Waals surface area contributed by atoms with Crippen molar-refractivity contribution in [2.45, 2.75) is 87.8 Å². The van der Waals surface area contributed by atoms with Crippen LogP contribution in [0.15, 0.2) is 12.7 Å². The molecule has 9 atom stereocenters. The van der Waals surface area contributed by atoms with Crippen LogP contribution in [0.2, 0.25) is 0 Å². The number of carbonyl (C=O) groups excluding carboxylic acids is 2. The second-order valence-electron chi connectivity index (χ2n) is 12.2. The summed E-state index contributed by atoms with van der Waals surface area (Å²) in [6.07, 6.45) is -6.05. The number of carbonyl (C=O) groups is 2. The van der Waals surface area contributed by atoms with Crippen molar-refractivity contribution in [3.05, 3.63) is 12.7 Å². The zero-order chi connectivity index (χ0) is 37.8. The maximum absolute atomic E-state index is 12.2. The standard InChI is InChI=1S/C29H48N7O15P/c1-16(38)35-20-24(42)22(40)18(12-37)51-29(20)48-7-3-2-4-19(39)31-6-8-46-9-10-47-15-49-25-23(41)17(5-11-52(43,44)45)50-28(25)36-14-34-21-26(30)32-13-33-27(21)36/h13-14,17-18,20,22-25,28-29,37,40-42H,2-12,15H2,1H3,(H,31,39)(H,35,38)(H2,30,32,33)(H2,43,44,45)/t17-,18-,20-,22+,23-,24-,25-,28-,29-/m1/s1. The Morgan fingerprint density at radius 1 is 0.981 bits per heavy atom. The topological polar surface area (TPSA) is 322 Å². The molecule has 23 heteroatoms. The number of amides is 2. The summed E-state index contributed by atoms with van der Waals surface area (Å²) in [7, 11) is -4.35. The van der Waals surface area contributed by atoms with E-state index in [1.807, 2.05) is 0 Å². The maximum Gasteiger partial charge on any atom is 0.325 e. The fraction of sp³-hybridized carbons (Fsp3) is 0.759. The van der Waals surface area contributed by atoms with E-state index in [1.165, 1.54) is 24.1 Å². The Balaban J connectivity index is 1.09. The molecular formula is C29H48N7O15P. The SMILES string of the molecule is CC(=O)N[C@H]1[C@H](OCCCCC(=O)NCCOCCOCO[C@@H]2[C@H](O)[C@@H](CCP(=O)(O)O)O[C@H]2n2cnc3c(N)ncnc32)O[C@H](CO)[C@H](O)[C@@H]1O. The number of nitrogens with one attached hydrogen (secondary N) is 2. The van der Waals surface area contributed by atoms with E-state index >= 15 is 0 Å². The molecule has 2 aliphatic heterocycles. The average molecular weight is 766 g/mol. The molecule has 4 heterocycles. The first kappa shape index (κ1) is 41.8. The Kier molecular flexibility index (Phi) is 16.0. The minimum absolute atomic E-state index is 0.115. The maximum atomic E-state index is 12.2. The molecule has 4 rings (SSSR count). The van der Waals surface area contributed by atoms with Gasteiger partial charge in [-0.3, -0.25) is 18.7 Å². The molecule has 0 bridgehead atoms. The van der Waals surface area contributed by atoms with Gasteiger partial charge < -0.3 is 75.0 Å². The molecule has 10 N–H and O–H groups in total. The molecule has 2 aromatic heterocycles. The first-order valence-corrected chi connectivity index (χ1v) is 18.5. The third kappa shape index (κ3) is 11.8. The van der Waals surface area contributed by atoms with E-state index in [4.69, 9.17) is 34.2 Å². The fourth-order valence-corrected chi connectivity index (χ4v) is 6.26. The van der Waals surface area contributed by atoms with Gasteiger partial charge in [-0.2, -0.15) is 0 Å². The van der Waals surface area contributed by atoms with Gasteiger partial charge in [0.2, 0.25) is 11.8 Å². The van der Waals surface area contributed by atoms with Crippen LogP contribution in [0.5, 0.6) is 0 Å². The molecule has 0 saturated carbocycles. The van der Waals surface area contributed by atoms with Crippen molar-refractivity contribution in [3.8, 4) is 0 Å². The Bertz CT molecular complexity index is 1480. The van der Waals surface area contributed by atoms with Gasteiger partial charge in [0.1, 0.15) is 55.2 Å². The number of unbranched alkanes of at least 4 members (excludes halogenated alkanes) is 1. The van der Waals surface area contributed by atoms with Gasteiger partial charge in [-0.25, -0.2) is 15.0 Å². The predicted octanol–water partition coefficient (Wildman–Crippen LogP) is -3.14. The number of aliphatic hydroxyl groups excluding tert-OH is 4. The van der Waals surface area contributed by atoms with Crippen molar-refractivity contribution in [1.82, 2.24) is 30.2 Å². The van der Waals surface area contributed by atoms with Gasteiger partial charge >= 0.3 is 7.60 Å². The van der Waals surface area contributed by atoms with Gasteiger partial charge in [0, 0.05) is 26.5 Å². The highest BCUT2D eigenvalue weighted by Gasteiger charge is 2.47. The molecule has 52 heavy (non-hydrogen) atoms. The quantitative estimate of drug-likeness (QED) is 0.0344. The van der Waals surface area contributed by atoms with Crippen molar-refractivity contribution in [2.75, 3.05) is 58.3 Å². The van der Waals surface area contributed by atoms with Gasteiger partial charge in [-0.05, 0) is 19.3 Å². The number of nitrogen functional groups attached to an aromatic ring is 1. The number of ether oxygens (including phenoxy) is 6. The lowest BCUT2D eigenvalue weighted by Gasteiger charge is -2.42. The Morgan fingerprint density at radius 2 is 1.75 bits per heavy atom. The van der Waals surface area contributed by atoms with Gasteiger partial charge in [0.15, 0.2) is 24.0 Å². The molecule has 0 spiro atoms. The van der Waals surface area contributed by atoms with Crippen LogP contribution in [0, 0.1) is 0 Å². The number of anilines is 1. The number of rotatable bonds is 21. The van der Waals surface area contributed by atoms with E-state index in [2.05, 4.69) is 25.6 Å². The summed E-state index contributed by atoms with van der Waals surface area (Å²) in [6.45, 7) is 1.30. The minimum Gasteiger partial charge on any atom is -0.394 e. The zero-order valence-electron chi connectivity index (χ0n) is 28.5. The second kappa shape index (κ2) is 19.9. The summed E-state index contributed by atoms with van der Waals surface area (Å²) in [4.78, 5) is 54.6. The number of fused-ring (bicyclic) bond motifs is 1. The highest BCUT2D eigenvalue weighted by Crippen LogP contribution is 2.40. The number of hydrogen-bond acceptors (Lipinski definition) is 17. The van der Waals surface area contributed by atoms with Crippen LogP contribution in [0.4, 0.5) is 5.82 Å². The molecule has 2 aromatic rings. The molecule has 0 unspecified atom stereocenters. The summed E-state index contributed by atoms with van der Waals surface area (Å²) in [5.41, 5.74) is 6.50. The molecule has 0 aliphatic carbocycles. The summed E-state index contributed by atoms with van der Waals surface area (Å²) < 4.78 is 46.8. The molecule has 2 aliphatic rings. The Morgan fingerprint density at radius 3 is 2.48 bits per heavy atom. The molecule has 0 radical (unpaired) electrons. The summed E-state index contributed by atoms with van der Waals surface area (Å²) in [6, 6.07) is -1.04. The van der Waals surface area contributed by atoms with Crippen LogP contribution in [0.25, 0.3) is 11.2 Å². The lowest BCUT2D eigenvalue weighted by Crippen LogP contribution is -2.64. The predicted molar refractivity (Wildman–Crippen MR) is 176 cm³/mol. The molecular weight excluding hydrogens is 717 g/mol. The highest BCUT2D eigenvalue weighted by atomic mass is 31.2. The van der Waals surface area contributed by atoms with E-state index in [0.29, 0.717) is 24.0 Å². The third-order valence-corrected chi connectivity index (χ3v) is 9.14. The third-order valence-electron chi connectivity index (χ3n) is 8.29. The average Bonchev–Trinajstić information content (AvgIpc) is 3.66. The largest absolute Gasteiger partial charge is 0.394 e. The van der Waals surface area contributed by atoms with Gasteiger partial charge in [-0.1, -0.05) is 0 Å². The molecule has 22 nitrogen and oxygen atoms in total. The number of aromatic nitrogens is 4. The van der Waals surface area contributed by atoms with E-state index in [9.17, 15) is 44.4 Å². The van der Waals surface area contributed by atoms with Crippen LogP contribution in [-0.4, -0.2) is 163 Å². The minimum atomic E-state index is -4.35. The molecule has 0 aromatic carbocycles. The van der Waals surface area contributed by atoms with E-state index < -0.39 is 81.5 Å². The highest BCUT2D eigenvalue weighted by molar-refractivity contribution is 7.51. The van der Waals surface area contributed by atoms with Crippen molar-refractivity contribution in [1.29, 1.82) is 0 Å². The summed E-state index contributed by atoms with van der Waals surface area (Å²) in [5.74, 6) is -0.527. The first-order valence-electron chi connectivity index (χ1n) is 16.7. The lowest BCUT2D eigenvalue weighted by molar-refractivity contribution is -0.270. The number of imidazole rings is 1. The van der Waals surface area contributed by atoms with Gasteiger partial charge in [-0.15, -0.1) is 0 Å². The Hall–Kier alpha value is -2.96. The van der Waals surface area contributed by atoms with Crippen LogP contribution in [-0.2, 0) is 42.6 Å². The number of hydrogen-bond donors (Lipinski definition) is 9. The van der Waals surface area contributed by atoms with E-state index in [0.717, 1.165) is 0 Å². The normalized spacial score (nSPS) is 27.9. The van der Waals surface area contributed by atoms with Crippen LogP contribution >= 0.6 is 7.60 Å². The van der Waals surface area contributed by atoms with Crippen LogP contribution in [0.3, 0.4) is 0 Å². The smallest absolute Gasteiger partial charge is 0.325 e. The van der Waals surface area contributed by atoms with Gasteiger partial charge in [0.25, 0.3) is 0 Å². The van der Waals surface area contributed by atoms with E-state index in [-0.39, 0.29) is 64.3 Å². The van der Waals surface area contributed by atoms with E-state index in [1.54, 1.807) is 0 Å². The van der Waals surface area contributed by atoms with Crippen molar-refractivity contribution in [3.63, 3.8) is 0 Å². The Labute approximate surface area is 298 Å².